The van der Waals surface area contributed by atoms with Crippen LogP contribution in [0.4, 0.5) is 5.69 Å². The Morgan fingerprint density at radius 2 is 1.83 bits per heavy atom. The number of rotatable bonds is 3. The Morgan fingerprint density at radius 3 is 2.52 bits per heavy atom. The SMILES string of the molecule is Cc1ccc(S(=O)(=O)Nc2ccc3oc4c(c3c2)C[C@@H](C(C)(C)C)CC4)c(C)c1. The predicted octanol–water partition coefficient (Wildman–Crippen LogP) is 6.00. The molecule has 1 heterocycles. The van der Waals surface area contributed by atoms with E-state index in [1.165, 1.54) is 5.56 Å². The second kappa shape index (κ2) is 6.91. The smallest absolute Gasteiger partial charge is 0.262 e. The Hall–Kier alpha value is -2.27. The van der Waals surface area contributed by atoms with Gasteiger partial charge in [0.05, 0.1) is 4.90 Å². The van der Waals surface area contributed by atoms with Gasteiger partial charge >= 0.3 is 0 Å². The molecule has 0 unspecified atom stereocenters. The van der Waals surface area contributed by atoms with Crippen LogP contribution >= 0.6 is 0 Å². The van der Waals surface area contributed by atoms with Crippen molar-refractivity contribution < 1.29 is 12.8 Å². The molecule has 0 aliphatic heterocycles. The fourth-order valence-electron chi connectivity index (χ4n) is 4.39. The van der Waals surface area contributed by atoms with Gasteiger partial charge in [0.2, 0.25) is 0 Å². The van der Waals surface area contributed by atoms with Gasteiger partial charge in [-0.2, -0.15) is 0 Å². The maximum Gasteiger partial charge on any atom is 0.262 e. The van der Waals surface area contributed by atoms with Crippen molar-refractivity contribution >= 4 is 26.7 Å². The van der Waals surface area contributed by atoms with E-state index < -0.39 is 10.0 Å². The Bertz CT molecular complexity index is 1180. The Kier molecular flexibility index (Phi) is 4.77. The number of nitrogens with one attached hydrogen (secondary N) is 1. The normalized spacial score (nSPS) is 17.3. The second-order valence-corrected chi connectivity index (χ2v) is 11.0. The lowest BCUT2D eigenvalue weighted by Gasteiger charge is -2.33. The van der Waals surface area contributed by atoms with Crippen LogP contribution in [0, 0.1) is 25.2 Å². The predicted molar refractivity (Wildman–Crippen MR) is 118 cm³/mol. The zero-order valence-electron chi connectivity index (χ0n) is 17.8. The number of anilines is 1. The summed E-state index contributed by atoms with van der Waals surface area (Å²) in [5, 5.41) is 1.02. The van der Waals surface area contributed by atoms with Crippen molar-refractivity contribution in [2.24, 2.45) is 11.3 Å². The summed E-state index contributed by atoms with van der Waals surface area (Å²) in [5.41, 5.74) is 4.66. The van der Waals surface area contributed by atoms with Gasteiger partial charge in [-0.1, -0.05) is 38.5 Å². The topological polar surface area (TPSA) is 59.3 Å². The molecule has 0 bridgehead atoms. The van der Waals surface area contributed by atoms with Gasteiger partial charge in [-0.15, -0.1) is 0 Å². The van der Waals surface area contributed by atoms with Gasteiger partial charge in [-0.25, -0.2) is 8.42 Å². The molecule has 2 aromatic carbocycles. The first-order chi connectivity index (χ1) is 13.5. The average Bonchev–Trinajstić information content (AvgIpc) is 2.97. The first-order valence-corrected chi connectivity index (χ1v) is 11.7. The highest BCUT2D eigenvalue weighted by molar-refractivity contribution is 7.92. The third-order valence-corrected chi connectivity index (χ3v) is 7.68. The van der Waals surface area contributed by atoms with Crippen molar-refractivity contribution in [1.29, 1.82) is 0 Å². The van der Waals surface area contributed by atoms with Crippen LogP contribution in [-0.2, 0) is 22.9 Å². The molecule has 3 aromatic rings. The Morgan fingerprint density at radius 1 is 1.07 bits per heavy atom. The summed E-state index contributed by atoms with van der Waals surface area (Å²) in [6.45, 7) is 10.6. The quantitative estimate of drug-likeness (QED) is 0.575. The average molecular weight is 412 g/mol. The molecule has 1 aliphatic rings. The van der Waals surface area contributed by atoms with Crippen molar-refractivity contribution in [3.8, 4) is 0 Å². The van der Waals surface area contributed by atoms with Gasteiger partial charge in [0.15, 0.2) is 0 Å². The van der Waals surface area contributed by atoms with Gasteiger partial charge in [-0.05, 0) is 67.9 Å². The molecule has 0 saturated carbocycles. The van der Waals surface area contributed by atoms with Gasteiger partial charge in [-0.3, -0.25) is 4.72 Å². The Labute approximate surface area is 173 Å². The van der Waals surface area contributed by atoms with Crippen molar-refractivity contribution in [2.45, 2.75) is 58.8 Å². The first-order valence-electron chi connectivity index (χ1n) is 10.2. The van der Waals surface area contributed by atoms with Gasteiger partial charge in [0.25, 0.3) is 10.0 Å². The lowest BCUT2D eigenvalue weighted by atomic mass is 9.71. The summed E-state index contributed by atoms with van der Waals surface area (Å²) in [6.07, 6.45) is 3.04. The minimum Gasteiger partial charge on any atom is -0.461 e. The largest absolute Gasteiger partial charge is 0.461 e. The number of sulfonamides is 1. The van der Waals surface area contributed by atoms with Crippen molar-refractivity contribution in [2.75, 3.05) is 4.72 Å². The maximum absolute atomic E-state index is 12.9. The van der Waals surface area contributed by atoms with E-state index in [0.29, 0.717) is 16.5 Å². The lowest BCUT2D eigenvalue weighted by Crippen LogP contribution is -2.26. The van der Waals surface area contributed by atoms with Crippen LogP contribution in [0.3, 0.4) is 0 Å². The summed E-state index contributed by atoms with van der Waals surface area (Å²) in [7, 11) is -3.65. The number of furan rings is 1. The summed E-state index contributed by atoms with van der Waals surface area (Å²) in [4.78, 5) is 0.310. The summed E-state index contributed by atoms with van der Waals surface area (Å²) >= 11 is 0. The zero-order chi connectivity index (χ0) is 21.0. The molecule has 1 atom stereocenters. The van der Waals surface area contributed by atoms with E-state index in [0.717, 1.165) is 47.1 Å². The van der Waals surface area contributed by atoms with Crippen molar-refractivity contribution in [3.05, 3.63) is 58.8 Å². The molecular weight excluding hydrogens is 382 g/mol. The van der Waals surface area contributed by atoms with Crippen LogP contribution in [0.2, 0.25) is 0 Å². The molecule has 29 heavy (non-hydrogen) atoms. The molecule has 4 nitrogen and oxygen atoms in total. The van der Waals surface area contributed by atoms with Crippen LogP contribution in [0.15, 0.2) is 45.7 Å². The molecule has 0 saturated heterocycles. The van der Waals surface area contributed by atoms with Gasteiger partial charge in [0.1, 0.15) is 11.3 Å². The number of hydrogen-bond donors (Lipinski definition) is 1. The third-order valence-electron chi connectivity index (χ3n) is 6.14. The van der Waals surface area contributed by atoms with E-state index in [4.69, 9.17) is 4.42 Å². The molecule has 5 heteroatoms. The molecule has 154 valence electrons. The second-order valence-electron chi connectivity index (χ2n) is 9.39. The van der Waals surface area contributed by atoms with E-state index >= 15 is 0 Å². The van der Waals surface area contributed by atoms with Crippen LogP contribution in [-0.4, -0.2) is 8.42 Å². The molecule has 1 N–H and O–H groups in total. The van der Waals surface area contributed by atoms with Crippen LogP contribution in [0.5, 0.6) is 0 Å². The fourth-order valence-corrected chi connectivity index (χ4v) is 5.67. The van der Waals surface area contributed by atoms with Crippen LogP contribution in [0.25, 0.3) is 11.0 Å². The van der Waals surface area contributed by atoms with Crippen molar-refractivity contribution in [1.82, 2.24) is 0 Å². The van der Waals surface area contributed by atoms with E-state index in [1.807, 2.05) is 38.1 Å². The fraction of sp³-hybridized carbons (Fsp3) is 0.417. The minimum absolute atomic E-state index is 0.240. The Balaban J connectivity index is 1.69. The molecular formula is C24H29NO3S. The standard InChI is InChI=1S/C24H29NO3S/c1-15-6-11-23(16(2)12-15)29(26,27)25-18-8-10-22-20(14-18)19-13-17(24(3,4)5)7-9-21(19)28-22/h6,8,10-12,14,17,25H,7,9,13H2,1-5H3/t17-/m0/s1. The van der Waals surface area contributed by atoms with Crippen molar-refractivity contribution in [3.63, 3.8) is 0 Å². The summed E-state index contributed by atoms with van der Waals surface area (Å²) in [5.74, 6) is 1.64. The monoisotopic (exact) mass is 411 g/mol. The molecule has 1 aliphatic carbocycles. The third kappa shape index (κ3) is 3.80. The highest BCUT2D eigenvalue weighted by Crippen LogP contribution is 2.41. The van der Waals surface area contributed by atoms with E-state index in [9.17, 15) is 8.42 Å². The van der Waals surface area contributed by atoms with Crippen LogP contribution in [0.1, 0.15) is 49.6 Å². The zero-order valence-corrected chi connectivity index (χ0v) is 18.6. The number of hydrogen-bond acceptors (Lipinski definition) is 3. The maximum atomic E-state index is 12.9. The number of aryl methyl sites for hydroxylation is 3. The van der Waals surface area contributed by atoms with E-state index in [1.54, 1.807) is 12.1 Å². The number of benzene rings is 2. The lowest BCUT2D eigenvalue weighted by molar-refractivity contribution is 0.210. The highest BCUT2D eigenvalue weighted by Gasteiger charge is 2.31. The molecule has 0 amide bonds. The molecule has 0 fully saturated rings. The highest BCUT2D eigenvalue weighted by atomic mass is 32.2. The molecule has 4 rings (SSSR count). The molecule has 0 radical (unpaired) electrons. The number of fused-ring (bicyclic) bond motifs is 3. The van der Waals surface area contributed by atoms with Gasteiger partial charge < -0.3 is 4.42 Å². The minimum atomic E-state index is -3.65. The summed E-state index contributed by atoms with van der Waals surface area (Å²) in [6, 6.07) is 10.9. The van der Waals surface area contributed by atoms with Gasteiger partial charge in [0, 0.05) is 23.1 Å². The summed E-state index contributed by atoms with van der Waals surface area (Å²) < 4.78 is 34.7. The van der Waals surface area contributed by atoms with E-state index in [2.05, 4.69) is 25.5 Å². The van der Waals surface area contributed by atoms with Crippen LogP contribution < -0.4 is 4.72 Å². The first kappa shape index (κ1) is 20.0. The molecule has 0 spiro atoms. The van der Waals surface area contributed by atoms with E-state index in [-0.39, 0.29) is 5.41 Å². The molecule has 1 aromatic heterocycles.